The van der Waals surface area contributed by atoms with Crippen LogP contribution in [0, 0.1) is 12.8 Å². The summed E-state index contributed by atoms with van der Waals surface area (Å²) < 4.78 is 23.8. The molecule has 22 heavy (non-hydrogen) atoms. The molecule has 0 spiro atoms. The van der Waals surface area contributed by atoms with Gasteiger partial charge in [-0.25, -0.2) is 8.42 Å². The standard InChI is InChI=1S/C16H23NO3S2/c1-3-22(19,20)12-4-7-17(8-5-12)16(18)14-10-13(14)15-11(2)6-9-21-15/h6,9,12-14H,3-5,7-8,10H2,1-2H3. The Morgan fingerprint density at radius 2 is 2.05 bits per heavy atom. The van der Waals surface area contributed by atoms with Gasteiger partial charge in [0.1, 0.15) is 0 Å². The minimum atomic E-state index is -2.96. The van der Waals surface area contributed by atoms with Crippen molar-refractivity contribution in [2.24, 2.45) is 5.92 Å². The first kappa shape index (κ1) is 16.0. The van der Waals surface area contributed by atoms with Gasteiger partial charge in [-0.05, 0) is 43.2 Å². The molecule has 0 aromatic carbocycles. The molecule has 0 bridgehead atoms. The molecule has 1 saturated carbocycles. The zero-order chi connectivity index (χ0) is 15.9. The van der Waals surface area contributed by atoms with E-state index in [1.54, 1.807) is 18.3 Å². The first-order valence-electron chi connectivity index (χ1n) is 7.98. The van der Waals surface area contributed by atoms with Crippen LogP contribution < -0.4 is 0 Å². The number of carbonyl (C=O) groups is 1. The third kappa shape index (κ3) is 2.95. The quantitative estimate of drug-likeness (QED) is 0.846. The number of piperidine rings is 1. The second-order valence-electron chi connectivity index (χ2n) is 6.39. The maximum Gasteiger partial charge on any atom is 0.226 e. The zero-order valence-corrected chi connectivity index (χ0v) is 14.8. The highest BCUT2D eigenvalue weighted by Gasteiger charge is 2.47. The lowest BCUT2D eigenvalue weighted by atomic mass is 10.1. The molecule has 2 fully saturated rings. The summed E-state index contributed by atoms with van der Waals surface area (Å²) in [6, 6.07) is 2.11. The second kappa shape index (κ2) is 5.96. The number of aryl methyl sites for hydroxylation is 1. The van der Waals surface area contributed by atoms with Gasteiger partial charge < -0.3 is 4.90 Å². The van der Waals surface area contributed by atoms with Gasteiger partial charge in [0.05, 0.1) is 5.25 Å². The Balaban J connectivity index is 1.57. The van der Waals surface area contributed by atoms with Crippen LogP contribution in [0.2, 0.25) is 0 Å². The number of likely N-dealkylation sites (tertiary alicyclic amines) is 1. The molecular weight excluding hydrogens is 318 g/mol. The largest absolute Gasteiger partial charge is 0.342 e. The fourth-order valence-corrected chi connectivity index (χ4v) is 5.94. The van der Waals surface area contributed by atoms with Crippen molar-refractivity contribution in [2.75, 3.05) is 18.8 Å². The average molecular weight is 341 g/mol. The molecule has 0 radical (unpaired) electrons. The van der Waals surface area contributed by atoms with E-state index in [4.69, 9.17) is 0 Å². The molecule has 1 aliphatic carbocycles. The molecule has 1 amide bonds. The maximum atomic E-state index is 12.6. The highest BCUT2D eigenvalue weighted by Crippen LogP contribution is 2.51. The summed E-state index contributed by atoms with van der Waals surface area (Å²) in [4.78, 5) is 15.8. The van der Waals surface area contributed by atoms with E-state index in [0.29, 0.717) is 31.8 Å². The van der Waals surface area contributed by atoms with Gasteiger partial charge in [-0.2, -0.15) is 0 Å². The predicted octanol–water partition coefficient (Wildman–Crippen LogP) is 2.59. The molecule has 2 aliphatic rings. The number of hydrogen-bond donors (Lipinski definition) is 0. The molecule has 0 N–H and O–H groups in total. The molecule has 2 unspecified atom stereocenters. The third-order valence-corrected chi connectivity index (χ3v) is 8.45. The van der Waals surface area contributed by atoms with Gasteiger partial charge in [0.15, 0.2) is 9.84 Å². The highest BCUT2D eigenvalue weighted by atomic mass is 32.2. The highest BCUT2D eigenvalue weighted by molar-refractivity contribution is 7.92. The van der Waals surface area contributed by atoms with Crippen LogP contribution in [0.3, 0.4) is 0 Å². The third-order valence-electron chi connectivity index (χ3n) is 5.01. The first-order valence-corrected chi connectivity index (χ1v) is 10.6. The van der Waals surface area contributed by atoms with E-state index >= 15 is 0 Å². The zero-order valence-electron chi connectivity index (χ0n) is 13.1. The molecule has 1 aromatic rings. The van der Waals surface area contributed by atoms with Crippen LogP contribution in [0.5, 0.6) is 0 Å². The molecule has 2 heterocycles. The lowest BCUT2D eigenvalue weighted by molar-refractivity contribution is -0.133. The normalized spacial score (nSPS) is 26.2. The summed E-state index contributed by atoms with van der Waals surface area (Å²) in [5.41, 5.74) is 1.29. The van der Waals surface area contributed by atoms with Gasteiger partial charge in [0.2, 0.25) is 5.91 Å². The molecule has 1 aromatic heterocycles. The molecule has 3 rings (SSSR count). The minimum Gasteiger partial charge on any atom is -0.342 e. The van der Waals surface area contributed by atoms with Crippen molar-refractivity contribution in [3.8, 4) is 0 Å². The SMILES string of the molecule is CCS(=O)(=O)C1CCN(C(=O)C2CC2c2sccc2C)CC1. The van der Waals surface area contributed by atoms with Crippen LogP contribution in [0.4, 0.5) is 0 Å². The smallest absolute Gasteiger partial charge is 0.226 e. The number of nitrogens with zero attached hydrogens (tertiary/aromatic N) is 1. The summed E-state index contributed by atoms with van der Waals surface area (Å²) in [5.74, 6) is 0.944. The molecule has 2 atom stereocenters. The topological polar surface area (TPSA) is 54.5 Å². The van der Waals surface area contributed by atoms with E-state index in [1.165, 1.54) is 10.4 Å². The summed E-state index contributed by atoms with van der Waals surface area (Å²) in [6.07, 6.45) is 2.14. The summed E-state index contributed by atoms with van der Waals surface area (Å²) in [5, 5.41) is 1.84. The number of rotatable bonds is 4. The molecular formula is C16H23NO3S2. The van der Waals surface area contributed by atoms with Crippen LogP contribution in [-0.4, -0.2) is 43.3 Å². The molecule has 4 nitrogen and oxygen atoms in total. The Bertz CT molecular complexity index is 657. The Labute approximate surface area is 136 Å². The van der Waals surface area contributed by atoms with E-state index in [-0.39, 0.29) is 22.8 Å². The van der Waals surface area contributed by atoms with Gasteiger partial charge in [0.25, 0.3) is 0 Å². The van der Waals surface area contributed by atoms with Crippen molar-refractivity contribution in [2.45, 2.75) is 44.3 Å². The number of carbonyl (C=O) groups excluding carboxylic acids is 1. The van der Waals surface area contributed by atoms with Crippen LogP contribution in [-0.2, 0) is 14.6 Å². The van der Waals surface area contributed by atoms with E-state index in [9.17, 15) is 13.2 Å². The molecule has 1 saturated heterocycles. The second-order valence-corrected chi connectivity index (χ2v) is 9.91. The maximum absolute atomic E-state index is 12.6. The van der Waals surface area contributed by atoms with Crippen molar-refractivity contribution in [3.05, 3.63) is 21.9 Å². The van der Waals surface area contributed by atoms with Gasteiger partial charge in [-0.15, -0.1) is 11.3 Å². The predicted molar refractivity (Wildman–Crippen MR) is 89.0 cm³/mol. The number of hydrogen-bond acceptors (Lipinski definition) is 4. The Morgan fingerprint density at radius 3 is 2.59 bits per heavy atom. The van der Waals surface area contributed by atoms with E-state index in [2.05, 4.69) is 18.4 Å². The summed E-state index contributed by atoms with van der Waals surface area (Å²) in [7, 11) is -2.96. The Morgan fingerprint density at radius 1 is 1.36 bits per heavy atom. The molecule has 1 aliphatic heterocycles. The number of amides is 1. The Kier molecular flexibility index (Phi) is 4.34. The van der Waals surface area contributed by atoms with E-state index in [0.717, 1.165) is 6.42 Å². The van der Waals surface area contributed by atoms with Crippen molar-refractivity contribution in [3.63, 3.8) is 0 Å². The average Bonchev–Trinajstić information content (AvgIpc) is 3.20. The molecule has 6 heteroatoms. The minimum absolute atomic E-state index is 0.122. The monoisotopic (exact) mass is 341 g/mol. The number of thiophene rings is 1. The summed E-state index contributed by atoms with van der Waals surface area (Å²) in [6.45, 7) is 4.99. The Hall–Kier alpha value is -0.880. The van der Waals surface area contributed by atoms with Crippen LogP contribution in [0.15, 0.2) is 11.4 Å². The van der Waals surface area contributed by atoms with Crippen LogP contribution in [0.25, 0.3) is 0 Å². The van der Waals surface area contributed by atoms with Gasteiger partial charge in [-0.1, -0.05) is 6.92 Å². The lowest BCUT2D eigenvalue weighted by Gasteiger charge is -2.31. The van der Waals surface area contributed by atoms with Crippen LogP contribution >= 0.6 is 11.3 Å². The van der Waals surface area contributed by atoms with Crippen molar-refractivity contribution in [1.82, 2.24) is 4.90 Å². The molecule has 122 valence electrons. The van der Waals surface area contributed by atoms with Crippen LogP contribution in [0.1, 0.15) is 42.5 Å². The summed E-state index contributed by atoms with van der Waals surface area (Å²) >= 11 is 1.74. The first-order chi connectivity index (χ1) is 10.4. The van der Waals surface area contributed by atoms with Crippen molar-refractivity contribution in [1.29, 1.82) is 0 Å². The lowest BCUT2D eigenvalue weighted by Crippen LogP contribution is -2.43. The van der Waals surface area contributed by atoms with Gasteiger partial charge in [0, 0.05) is 35.6 Å². The van der Waals surface area contributed by atoms with Gasteiger partial charge in [-0.3, -0.25) is 4.79 Å². The van der Waals surface area contributed by atoms with E-state index < -0.39 is 9.84 Å². The fraction of sp³-hybridized carbons (Fsp3) is 0.688. The van der Waals surface area contributed by atoms with Crippen molar-refractivity contribution >= 4 is 27.1 Å². The number of sulfone groups is 1. The van der Waals surface area contributed by atoms with Crippen molar-refractivity contribution < 1.29 is 13.2 Å². The van der Waals surface area contributed by atoms with E-state index in [1.807, 2.05) is 4.90 Å². The van der Waals surface area contributed by atoms with Gasteiger partial charge >= 0.3 is 0 Å². The fourth-order valence-electron chi connectivity index (χ4n) is 3.43.